The summed E-state index contributed by atoms with van der Waals surface area (Å²) in [6.07, 6.45) is 3.08. The zero-order valence-corrected chi connectivity index (χ0v) is 10.5. The predicted molar refractivity (Wildman–Crippen MR) is 64.2 cm³/mol. The van der Waals surface area contributed by atoms with Crippen LogP contribution in [0.25, 0.3) is 0 Å². The lowest BCUT2D eigenvalue weighted by atomic mass is 9.81. The van der Waals surface area contributed by atoms with E-state index in [1.807, 2.05) is 13.8 Å². The summed E-state index contributed by atoms with van der Waals surface area (Å²) in [7, 11) is 0. The van der Waals surface area contributed by atoms with Gasteiger partial charge in [-0.2, -0.15) is 0 Å². The quantitative estimate of drug-likeness (QED) is 0.770. The number of ether oxygens (including phenoxy) is 1. The summed E-state index contributed by atoms with van der Waals surface area (Å²) in [6, 6.07) is 0. The number of carbonyl (C=O) groups is 1. The van der Waals surface area contributed by atoms with Gasteiger partial charge in [0.25, 0.3) is 0 Å². The van der Waals surface area contributed by atoms with Crippen LogP contribution in [0.1, 0.15) is 25.1 Å². The monoisotopic (exact) mass is 242 g/mol. The summed E-state index contributed by atoms with van der Waals surface area (Å²) < 4.78 is 5.10. The largest absolute Gasteiger partial charge is 0.466 e. The van der Waals surface area contributed by atoms with E-state index in [9.17, 15) is 4.79 Å². The van der Waals surface area contributed by atoms with E-state index in [1.165, 1.54) is 0 Å². The second-order valence-corrected chi connectivity index (χ2v) is 4.67. The van der Waals surface area contributed by atoms with Crippen LogP contribution in [0.4, 0.5) is 0 Å². The average molecular weight is 242 g/mol. The highest BCUT2D eigenvalue weighted by Crippen LogP contribution is 2.29. The third kappa shape index (κ3) is 2.80. The van der Waals surface area contributed by atoms with Crippen molar-refractivity contribution < 1.29 is 9.53 Å². The maximum atomic E-state index is 11.9. The lowest BCUT2D eigenvalue weighted by Gasteiger charge is -2.28. The highest BCUT2D eigenvalue weighted by molar-refractivity contribution is 7.09. The topological polar surface area (TPSA) is 65.2 Å². The fraction of sp³-hybridized carbons (Fsp3) is 0.636. The van der Waals surface area contributed by atoms with E-state index in [-0.39, 0.29) is 5.97 Å². The van der Waals surface area contributed by atoms with Gasteiger partial charge < -0.3 is 10.5 Å². The van der Waals surface area contributed by atoms with E-state index in [2.05, 4.69) is 4.98 Å². The molecule has 0 aliphatic heterocycles. The molecule has 4 nitrogen and oxygen atoms in total. The molecule has 0 aromatic carbocycles. The van der Waals surface area contributed by atoms with Gasteiger partial charge in [0.1, 0.15) is 0 Å². The number of nitrogens with two attached hydrogens (primary N) is 1. The Morgan fingerprint density at radius 2 is 2.38 bits per heavy atom. The van der Waals surface area contributed by atoms with Crippen molar-refractivity contribution >= 4 is 17.3 Å². The van der Waals surface area contributed by atoms with E-state index < -0.39 is 5.41 Å². The van der Waals surface area contributed by atoms with Gasteiger partial charge >= 0.3 is 5.97 Å². The van der Waals surface area contributed by atoms with Crippen molar-refractivity contribution in [3.8, 4) is 0 Å². The van der Waals surface area contributed by atoms with Crippen molar-refractivity contribution in [1.82, 2.24) is 4.98 Å². The van der Waals surface area contributed by atoms with E-state index in [1.54, 1.807) is 23.0 Å². The van der Waals surface area contributed by atoms with Gasteiger partial charge in [-0.15, -0.1) is 11.3 Å². The van der Waals surface area contributed by atoms with Gasteiger partial charge in [0.2, 0.25) is 0 Å². The minimum atomic E-state index is -0.595. The van der Waals surface area contributed by atoms with Crippen LogP contribution in [0.5, 0.6) is 0 Å². The van der Waals surface area contributed by atoms with Crippen molar-refractivity contribution in [1.29, 1.82) is 0 Å². The maximum absolute atomic E-state index is 11.9. The molecule has 1 aromatic heterocycles. The Morgan fingerprint density at radius 3 is 2.81 bits per heavy atom. The average Bonchev–Trinajstić information content (AvgIpc) is 2.79. The predicted octanol–water partition coefficient (Wildman–Crippen LogP) is 1.60. The Bertz CT molecular complexity index is 321. The molecule has 1 unspecified atom stereocenters. The van der Waals surface area contributed by atoms with Crippen LogP contribution in [0.2, 0.25) is 0 Å². The van der Waals surface area contributed by atoms with Gasteiger partial charge in [-0.1, -0.05) is 6.92 Å². The van der Waals surface area contributed by atoms with Crippen LogP contribution in [-0.4, -0.2) is 24.1 Å². The molecule has 1 atom stereocenters. The highest BCUT2D eigenvalue weighted by atomic mass is 32.1. The highest BCUT2D eigenvalue weighted by Gasteiger charge is 2.37. The Hall–Kier alpha value is -0.940. The molecule has 1 rings (SSSR count). The normalized spacial score (nSPS) is 14.4. The molecule has 0 amide bonds. The zero-order valence-electron chi connectivity index (χ0n) is 9.73. The first-order chi connectivity index (χ1) is 7.68. The number of thiazole rings is 1. The second kappa shape index (κ2) is 5.96. The molecule has 0 spiro atoms. The first-order valence-corrected chi connectivity index (χ1v) is 6.31. The van der Waals surface area contributed by atoms with Crippen LogP contribution in [0.15, 0.2) is 11.7 Å². The Labute approximate surface area is 99.8 Å². The number of rotatable bonds is 6. The summed E-state index contributed by atoms with van der Waals surface area (Å²) in [5, 5.41) is 0. The zero-order chi connectivity index (χ0) is 12.0. The van der Waals surface area contributed by atoms with E-state index >= 15 is 0 Å². The molecule has 0 aliphatic carbocycles. The molecule has 0 saturated heterocycles. The van der Waals surface area contributed by atoms with Gasteiger partial charge in [0.05, 0.1) is 17.5 Å². The molecule has 0 radical (unpaired) electrons. The van der Waals surface area contributed by atoms with Crippen LogP contribution in [-0.2, 0) is 16.0 Å². The molecular weight excluding hydrogens is 224 g/mol. The summed E-state index contributed by atoms with van der Waals surface area (Å²) in [5.74, 6) is -0.201. The van der Waals surface area contributed by atoms with Gasteiger partial charge in [-0.25, -0.2) is 0 Å². The molecule has 1 aromatic rings. The first-order valence-electron chi connectivity index (χ1n) is 5.43. The van der Waals surface area contributed by atoms with Gasteiger partial charge in [0.15, 0.2) is 0 Å². The van der Waals surface area contributed by atoms with Crippen molar-refractivity contribution in [3.05, 3.63) is 16.6 Å². The third-order valence-electron chi connectivity index (χ3n) is 2.77. The van der Waals surface area contributed by atoms with E-state index in [0.29, 0.717) is 26.0 Å². The first kappa shape index (κ1) is 13.1. The summed E-state index contributed by atoms with van der Waals surface area (Å²) in [4.78, 5) is 17.0. The standard InChI is InChI=1S/C11H18N2O2S/c1-3-11(7-12,10(14)15-4-2)5-9-6-13-8-16-9/h6,8H,3-5,7,12H2,1-2H3. The van der Waals surface area contributed by atoms with Crippen LogP contribution >= 0.6 is 11.3 Å². The maximum Gasteiger partial charge on any atom is 0.313 e. The molecule has 5 heteroatoms. The van der Waals surface area contributed by atoms with Crippen LogP contribution < -0.4 is 5.73 Å². The summed E-state index contributed by atoms with van der Waals surface area (Å²) >= 11 is 1.54. The van der Waals surface area contributed by atoms with Gasteiger partial charge in [-0.3, -0.25) is 9.78 Å². The molecule has 0 fully saturated rings. The number of esters is 1. The molecule has 1 heterocycles. The van der Waals surface area contributed by atoms with Gasteiger partial charge in [0, 0.05) is 24.0 Å². The summed E-state index contributed by atoms with van der Waals surface area (Å²) in [6.45, 7) is 4.47. The number of aromatic nitrogens is 1. The Morgan fingerprint density at radius 1 is 1.62 bits per heavy atom. The van der Waals surface area contributed by atoms with E-state index in [4.69, 9.17) is 10.5 Å². The molecule has 2 N–H and O–H groups in total. The lowest BCUT2D eigenvalue weighted by Crippen LogP contribution is -2.41. The van der Waals surface area contributed by atoms with E-state index in [0.717, 1.165) is 4.88 Å². The second-order valence-electron chi connectivity index (χ2n) is 3.70. The Balaban J connectivity index is 2.83. The smallest absolute Gasteiger partial charge is 0.313 e. The third-order valence-corrected chi connectivity index (χ3v) is 3.55. The van der Waals surface area contributed by atoms with Crippen molar-refractivity contribution in [2.75, 3.05) is 13.2 Å². The van der Waals surface area contributed by atoms with Crippen molar-refractivity contribution in [2.24, 2.45) is 11.1 Å². The molecule has 90 valence electrons. The van der Waals surface area contributed by atoms with Crippen molar-refractivity contribution in [2.45, 2.75) is 26.7 Å². The van der Waals surface area contributed by atoms with Crippen LogP contribution in [0, 0.1) is 5.41 Å². The SMILES string of the molecule is CCOC(=O)C(CC)(CN)Cc1cncs1. The number of hydrogen-bond donors (Lipinski definition) is 1. The van der Waals surface area contributed by atoms with Crippen molar-refractivity contribution in [3.63, 3.8) is 0 Å². The van der Waals surface area contributed by atoms with Crippen LogP contribution in [0.3, 0.4) is 0 Å². The lowest BCUT2D eigenvalue weighted by molar-refractivity contribution is -0.155. The Kier molecular flexibility index (Phi) is 4.89. The fourth-order valence-electron chi connectivity index (χ4n) is 1.59. The minimum absolute atomic E-state index is 0.201. The van der Waals surface area contributed by atoms with Gasteiger partial charge in [-0.05, 0) is 13.3 Å². The molecule has 0 bridgehead atoms. The molecule has 0 saturated carbocycles. The fourth-order valence-corrected chi connectivity index (χ4v) is 2.33. The number of carbonyl (C=O) groups excluding carboxylic acids is 1. The number of hydrogen-bond acceptors (Lipinski definition) is 5. The number of nitrogens with zero attached hydrogens (tertiary/aromatic N) is 1. The molecule has 0 aliphatic rings. The molecular formula is C11H18N2O2S. The summed E-state index contributed by atoms with van der Waals surface area (Å²) in [5.41, 5.74) is 6.92. The minimum Gasteiger partial charge on any atom is -0.466 e. The molecule has 16 heavy (non-hydrogen) atoms.